The van der Waals surface area contributed by atoms with Crippen LogP contribution < -0.4 is 3.27 Å². The molecule has 0 heterocycles. The van der Waals surface area contributed by atoms with Gasteiger partial charge in [0, 0.05) is 0 Å². The minimum absolute atomic E-state index is 0.0907. The van der Waals surface area contributed by atoms with Gasteiger partial charge < -0.3 is 0 Å². The zero-order valence-electron chi connectivity index (χ0n) is 32.1. The van der Waals surface area contributed by atoms with Crippen LogP contribution in [0.3, 0.4) is 0 Å². The molecule has 51 heavy (non-hydrogen) atoms. The number of hydrogen-bond acceptors (Lipinski definition) is 0. The van der Waals surface area contributed by atoms with Crippen LogP contribution >= 0.6 is 0 Å². The van der Waals surface area contributed by atoms with Gasteiger partial charge in [0.2, 0.25) is 0 Å². The first kappa shape index (κ1) is 34.7. The predicted octanol–water partition coefficient (Wildman–Crippen LogP) is 12.8. The third kappa shape index (κ3) is 5.99. The molecule has 6 aromatic carbocycles. The Morgan fingerprint density at radius 1 is 0.706 bits per heavy atom. The van der Waals surface area contributed by atoms with E-state index in [1.165, 1.54) is 66.1 Å². The van der Waals surface area contributed by atoms with E-state index in [0.29, 0.717) is 5.92 Å². The second-order valence-electron chi connectivity index (χ2n) is 17.5. The van der Waals surface area contributed by atoms with Crippen molar-refractivity contribution in [2.75, 3.05) is 0 Å². The summed E-state index contributed by atoms with van der Waals surface area (Å²) in [5, 5.41) is 5.33. The molecular weight excluding hydrogens is 708 g/mol. The second kappa shape index (κ2) is 13.0. The number of rotatable bonds is 6. The molecule has 0 radical (unpaired) electrons. The Bertz CT molecular complexity index is 2320. The molecule has 0 aromatic heterocycles. The zero-order chi connectivity index (χ0) is 35.8. The SMILES string of the molecule is CCCC1=Cc2c(-c3c4ccccc4cc4ccccc34)cccc2C1c1c2c(cc(C(C)(C)C)[c]1[Zr][SiH](C)C)-c1cc(C(C)(C)C)ccc1C2. The van der Waals surface area contributed by atoms with Crippen LogP contribution in [0.5, 0.6) is 0 Å². The van der Waals surface area contributed by atoms with Crippen molar-refractivity contribution in [2.45, 2.75) is 97.6 Å². The van der Waals surface area contributed by atoms with E-state index in [-0.39, 0.29) is 10.8 Å². The Balaban J connectivity index is 1.44. The first-order chi connectivity index (χ1) is 24.3. The van der Waals surface area contributed by atoms with Crippen molar-refractivity contribution in [3.05, 3.63) is 142 Å². The Kier molecular flexibility index (Phi) is 8.83. The fraction of sp³-hybridized carbons (Fsp3) is 0.306. The molecule has 0 amide bonds. The molecule has 0 bridgehead atoms. The molecule has 2 heteroatoms. The number of benzene rings is 6. The molecule has 0 saturated carbocycles. The van der Waals surface area contributed by atoms with Crippen LogP contribution in [0.4, 0.5) is 0 Å². The van der Waals surface area contributed by atoms with Crippen LogP contribution in [0.2, 0.25) is 13.1 Å². The second-order valence-corrected chi connectivity index (χ2v) is 32.0. The van der Waals surface area contributed by atoms with Crippen LogP contribution in [0.1, 0.15) is 106 Å². The number of allylic oxidation sites excluding steroid dienone is 1. The van der Waals surface area contributed by atoms with E-state index in [1.54, 1.807) is 22.3 Å². The van der Waals surface area contributed by atoms with E-state index in [1.807, 2.05) is 3.27 Å². The van der Waals surface area contributed by atoms with Gasteiger partial charge in [0.05, 0.1) is 0 Å². The van der Waals surface area contributed by atoms with E-state index < -0.39 is 28.3 Å². The van der Waals surface area contributed by atoms with Crippen LogP contribution in [-0.2, 0) is 39.6 Å². The summed E-state index contributed by atoms with van der Waals surface area (Å²) in [7, 11) is 0. The van der Waals surface area contributed by atoms with E-state index in [2.05, 4.69) is 165 Å². The molecule has 1 unspecified atom stereocenters. The molecule has 8 rings (SSSR count). The summed E-state index contributed by atoms with van der Waals surface area (Å²) in [6.07, 6.45) is 5.99. The first-order valence-corrected chi connectivity index (χ1v) is 27.6. The molecule has 0 saturated heterocycles. The van der Waals surface area contributed by atoms with Crippen LogP contribution in [-0.4, -0.2) is 5.92 Å². The van der Waals surface area contributed by atoms with Crippen molar-refractivity contribution >= 4 is 36.8 Å². The quantitative estimate of drug-likeness (QED) is 0.117. The number of hydrogen-bond donors (Lipinski definition) is 0. The van der Waals surface area contributed by atoms with Gasteiger partial charge in [0.15, 0.2) is 0 Å². The van der Waals surface area contributed by atoms with Gasteiger partial charge >= 0.3 is 321 Å². The monoisotopic (exact) mass is 758 g/mol. The summed E-state index contributed by atoms with van der Waals surface area (Å²) >= 11 is -0.795. The van der Waals surface area contributed by atoms with E-state index in [4.69, 9.17) is 0 Å². The van der Waals surface area contributed by atoms with Gasteiger partial charge in [-0.15, -0.1) is 0 Å². The Morgan fingerprint density at radius 3 is 2.02 bits per heavy atom. The van der Waals surface area contributed by atoms with Crippen molar-refractivity contribution in [1.29, 1.82) is 0 Å². The van der Waals surface area contributed by atoms with Gasteiger partial charge in [-0.05, 0) is 0 Å². The third-order valence-electron chi connectivity index (χ3n) is 11.4. The fourth-order valence-electron chi connectivity index (χ4n) is 9.00. The van der Waals surface area contributed by atoms with Gasteiger partial charge in [-0.1, -0.05) is 0 Å². The van der Waals surface area contributed by atoms with Crippen LogP contribution in [0, 0.1) is 0 Å². The van der Waals surface area contributed by atoms with Crippen molar-refractivity contribution in [2.24, 2.45) is 0 Å². The van der Waals surface area contributed by atoms with Gasteiger partial charge in [0.25, 0.3) is 0 Å². The Labute approximate surface area is 318 Å². The van der Waals surface area contributed by atoms with E-state index >= 15 is 0 Å². The molecule has 256 valence electrons. The van der Waals surface area contributed by atoms with Gasteiger partial charge in [0.1, 0.15) is 0 Å². The fourth-order valence-corrected chi connectivity index (χ4v) is 18.3. The van der Waals surface area contributed by atoms with E-state index in [9.17, 15) is 0 Å². The predicted molar refractivity (Wildman–Crippen MR) is 222 cm³/mol. The van der Waals surface area contributed by atoms with Crippen molar-refractivity contribution in [1.82, 2.24) is 0 Å². The average molecular weight is 760 g/mol. The van der Waals surface area contributed by atoms with Crippen molar-refractivity contribution in [3.63, 3.8) is 0 Å². The Hall–Kier alpha value is -3.32. The molecule has 0 aliphatic heterocycles. The van der Waals surface area contributed by atoms with Gasteiger partial charge in [-0.2, -0.15) is 0 Å². The molecule has 2 aliphatic carbocycles. The van der Waals surface area contributed by atoms with Crippen LogP contribution in [0.15, 0.2) is 103 Å². The molecule has 2 aliphatic rings. The van der Waals surface area contributed by atoms with Crippen molar-refractivity contribution in [3.8, 4) is 22.3 Å². The molecule has 0 fully saturated rings. The molecule has 6 aromatic rings. The third-order valence-corrected chi connectivity index (χ3v) is 19.9. The molecule has 0 N–H and O–H groups in total. The topological polar surface area (TPSA) is 0 Å². The molecule has 0 nitrogen and oxygen atoms in total. The molecule has 0 spiro atoms. The Morgan fingerprint density at radius 2 is 1.39 bits per heavy atom. The first-order valence-electron chi connectivity index (χ1n) is 19.2. The summed E-state index contributed by atoms with van der Waals surface area (Å²) < 4.78 is 1.83. The molecular formula is C49H52SiZr. The zero-order valence-corrected chi connectivity index (χ0v) is 35.7. The summed E-state index contributed by atoms with van der Waals surface area (Å²) in [4.78, 5) is 0. The summed E-state index contributed by atoms with van der Waals surface area (Å²) in [5.41, 5.74) is 18.5. The normalized spacial score (nSPS) is 15.3. The van der Waals surface area contributed by atoms with Crippen LogP contribution in [0.25, 0.3) is 49.9 Å². The van der Waals surface area contributed by atoms with Gasteiger partial charge in [-0.3, -0.25) is 0 Å². The molecule has 1 atom stereocenters. The standard InChI is InChI=1S/C47H45.C2H7Si.Zr/c1-8-14-32-25-40-37(19-13-20-38(40)45-35-17-11-9-15-29(35)23-30-16-10-12-18-36(30)45)44(32)43-28-34(47(5,6)7)27-42-39-26-33(46(2,3)4)22-21-31(39)24-41(42)43;1-3-2;/h9-13,15-23,25-27,44H,8,14,24H2,1-7H3;3H,1-2H3;. The number of fused-ring (bicyclic) bond motifs is 6. The summed E-state index contributed by atoms with van der Waals surface area (Å²) in [6.45, 7) is 22.1. The summed E-state index contributed by atoms with van der Waals surface area (Å²) in [6, 6.07) is 37.8. The van der Waals surface area contributed by atoms with E-state index in [0.717, 1.165) is 19.3 Å². The summed E-state index contributed by atoms with van der Waals surface area (Å²) in [5.74, 6) is -0.472. The van der Waals surface area contributed by atoms with Gasteiger partial charge in [-0.25, -0.2) is 0 Å². The maximum atomic E-state index is 2.68. The minimum atomic E-state index is -0.795. The average Bonchev–Trinajstić information content (AvgIpc) is 3.63. The maximum absolute atomic E-state index is 2.68. The van der Waals surface area contributed by atoms with Crippen molar-refractivity contribution < 1.29 is 22.4 Å².